The monoisotopic (exact) mass is 312 g/mol. The molecule has 6 heteroatoms. The van der Waals surface area contributed by atoms with Gasteiger partial charge in [-0.25, -0.2) is 4.79 Å². The Labute approximate surface area is 128 Å². The van der Waals surface area contributed by atoms with E-state index in [1.807, 2.05) is 27.7 Å². The lowest BCUT2D eigenvalue weighted by Gasteiger charge is -2.45. The normalized spacial score (nSPS) is 40.7. The van der Waals surface area contributed by atoms with Crippen LogP contribution in [0.15, 0.2) is 10.2 Å². The van der Waals surface area contributed by atoms with Gasteiger partial charge in [-0.2, -0.15) is 10.2 Å². The molecule has 5 atom stereocenters. The zero-order chi connectivity index (χ0) is 16.2. The molecular weight excluding hydrogens is 284 g/mol. The Balaban J connectivity index is 2.30. The summed E-state index contributed by atoms with van der Waals surface area (Å²) in [6.07, 6.45) is -0.845. The Morgan fingerprint density at radius 1 is 1.19 bits per heavy atom. The topological polar surface area (TPSA) is 60.2 Å². The van der Waals surface area contributed by atoms with Crippen LogP contribution in [0, 0.1) is 11.3 Å². The van der Waals surface area contributed by atoms with E-state index in [9.17, 15) is 4.79 Å². The summed E-state index contributed by atoms with van der Waals surface area (Å²) in [4.78, 5) is 12.7. The molecule has 0 bridgehead atoms. The zero-order valence-electron chi connectivity index (χ0n) is 14.4. The highest BCUT2D eigenvalue weighted by molar-refractivity contribution is 6.77. The Morgan fingerprint density at radius 2 is 1.76 bits per heavy atom. The fourth-order valence-electron chi connectivity index (χ4n) is 3.25. The van der Waals surface area contributed by atoms with E-state index in [2.05, 4.69) is 36.8 Å². The predicted molar refractivity (Wildman–Crippen MR) is 83.8 cm³/mol. The van der Waals surface area contributed by atoms with Gasteiger partial charge in [0.25, 0.3) is 0 Å². The van der Waals surface area contributed by atoms with Gasteiger partial charge in [-0.1, -0.05) is 47.3 Å². The third kappa shape index (κ3) is 2.56. The molecule has 2 heterocycles. The molecule has 2 rings (SSSR count). The van der Waals surface area contributed by atoms with Gasteiger partial charge in [-0.15, -0.1) is 0 Å². The van der Waals surface area contributed by atoms with Crippen LogP contribution in [0.4, 0.5) is 0 Å². The van der Waals surface area contributed by atoms with Crippen molar-refractivity contribution in [1.29, 1.82) is 0 Å². The molecule has 1 saturated heterocycles. The van der Waals surface area contributed by atoms with Gasteiger partial charge < -0.3 is 9.47 Å². The average Bonchev–Trinajstić information content (AvgIpc) is 2.63. The van der Waals surface area contributed by atoms with Gasteiger partial charge in [0.2, 0.25) is 11.8 Å². The van der Waals surface area contributed by atoms with Crippen molar-refractivity contribution < 1.29 is 14.3 Å². The number of rotatable bonds is 1. The summed E-state index contributed by atoms with van der Waals surface area (Å²) in [6.45, 7) is 16.7. The molecule has 0 aromatic rings. The van der Waals surface area contributed by atoms with Crippen molar-refractivity contribution in [2.45, 2.75) is 77.9 Å². The average molecular weight is 312 g/mol. The van der Waals surface area contributed by atoms with Gasteiger partial charge in [-0.3, -0.25) is 0 Å². The van der Waals surface area contributed by atoms with Crippen LogP contribution in [0.1, 0.15) is 34.6 Å². The third-order valence-corrected chi connectivity index (χ3v) is 6.99. The molecule has 0 amide bonds. The van der Waals surface area contributed by atoms with E-state index in [1.165, 1.54) is 0 Å². The van der Waals surface area contributed by atoms with Gasteiger partial charge in [0.05, 0.1) is 19.8 Å². The van der Waals surface area contributed by atoms with Gasteiger partial charge in [0.1, 0.15) is 0 Å². The van der Waals surface area contributed by atoms with Crippen molar-refractivity contribution in [1.82, 2.24) is 0 Å². The molecule has 1 fully saturated rings. The molecule has 2 aliphatic rings. The fraction of sp³-hybridized carbons (Fsp3) is 0.933. The molecule has 0 aliphatic carbocycles. The molecule has 0 radical (unpaired) electrons. The van der Waals surface area contributed by atoms with E-state index in [1.54, 1.807) is 0 Å². The zero-order valence-corrected chi connectivity index (χ0v) is 15.4. The standard InChI is InChI=1S/C15H28N2O3Si/c1-9-11(21(6,7)8)16-17-15(9)10(2)19-13(14(3,4)5)20-12(15)18/h9-11,13H,1-8H3/t9-,10-,11+,13-,15+/m1/s1. The van der Waals surface area contributed by atoms with Crippen LogP contribution in [0.25, 0.3) is 0 Å². The summed E-state index contributed by atoms with van der Waals surface area (Å²) in [5.74, 6) is -0.259. The van der Waals surface area contributed by atoms with E-state index in [-0.39, 0.29) is 29.1 Å². The van der Waals surface area contributed by atoms with Gasteiger partial charge >= 0.3 is 5.97 Å². The minimum Gasteiger partial charge on any atom is -0.433 e. The van der Waals surface area contributed by atoms with Crippen LogP contribution < -0.4 is 0 Å². The van der Waals surface area contributed by atoms with Crippen LogP contribution >= 0.6 is 0 Å². The van der Waals surface area contributed by atoms with Crippen molar-refractivity contribution >= 4 is 14.0 Å². The lowest BCUT2D eigenvalue weighted by molar-refractivity contribution is -0.260. The maximum Gasteiger partial charge on any atom is 0.341 e. The van der Waals surface area contributed by atoms with Crippen molar-refractivity contribution in [2.24, 2.45) is 21.6 Å². The summed E-state index contributed by atoms with van der Waals surface area (Å²) in [7, 11) is -1.53. The number of ether oxygens (including phenoxy) is 2. The molecular formula is C15H28N2O3Si. The molecule has 21 heavy (non-hydrogen) atoms. The second kappa shape index (κ2) is 4.88. The summed E-state index contributed by atoms with van der Waals surface area (Å²) in [5.41, 5.74) is -1.09. The van der Waals surface area contributed by atoms with Crippen molar-refractivity contribution in [3.05, 3.63) is 0 Å². The van der Waals surface area contributed by atoms with Gasteiger partial charge in [0.15, 0.2) is 0 Å². The number of cyclic esters (lactones) is 1. The molecule has 1 spiro atoms. The molecule has 2 aliphatic heterocycles. The second-order valence-corrected chi connectivity index (χ2v) is 13.8. The first kappa shape index (κ1) is 16.6. The van der Waals surface area contributed by atoms with Crippen LogP contribution in [0.3, 0.4) is 0 Å². The number of carbonyl (C=O) groups excluding carboxylic acids is 1. The molecule has 0 aromatic heterocycles. The van der Waals surface area contributed by atoms with E-state index in [0.717, 1.165) is 0 Å². The molecule has 0 saturated carbocycles. The van der Waals surface area contributed by atoms with Crippen molar-refractivity contribution in [3.63, 3.8) is 0 Å². The highest BCUT2D eigenvalue weighted by Crippen LogP contribution is 2.46. The Bertz CT molecular complexity index is 467. The summed E-state index contributed by atoms with van der Waals surface area (Å²) in [6, 6.07) is 0. The van der Waals surface area contributed by atoms with Gasteiger partial charge in [-0.05, 0) is 6.92 Å². The molecule has 0 unspecified atom stereocenters. The van der Waals surface area contributed by atoms with Crippen LogP contribution in [0.2, 0.25) is 19.6 Å². The summed E-state index contributed by atoms with van der Waals surface area (Å²) >= 11 is 0. The Hall–Kier alpha value is -0.753. The number of carbonyl (C=O) groups is 1. The van der Waals surface area contributed by atoms with E-state index in [0.29, 0.717) is 0 Å². The first-order valence-electron chi connectivity index (χ1n) is 7.69. The van der Waals surface area contributed by atoms with Crippen molar-refractivity contribution in [2.75, 3.05) is 0 Å². The number of hydrogen-bond donors (Lipinski definition) is 0. The Kier molecular flexibility index (Phi) is 3.86. The van der Waals surface area contributed by atoms with E-state index in [4.69, 9.17) is 9.47 Å². The lowest BCUT2D eigenvalue weighted by Crippen LogP contribution is -2.62. The highest BCUT2D eigenvalue weighted by Gasteiger charge is 2.62. The lowest BCUT2D eigenvalue weighted by atomic mass is 9.80. The van der Waals surface area contributed by atoms with Gasteiger partial charge in [0, 0.05) is 11.3 Å². The molecule has 5 nitrogen and oxygen atoms in total. The number of azo groups is 1. The third-order valence-electron chi connectivity index (χ3n) is 4.60. The molecule has 0 N–H and O–H groups in total. The highest BCUT2D eigenvalue weighted by atomic mass is 28.3. The summed E-state index contributed by atoms with van der Waals surface area (Å²) < 4.78 is 11.6. The van der Waals surface area contributed by atoms with Crippen LogP contribution in [0.5, 0.6) is 0 Å². The second-order valence-electron chi connectivity index (χ2n) is 8.52. The number of hydrogen-bond acceptors (Lipinski definition) is 5. The molecule has 0 aromatic carbocycles. The predicted octanol–water partition coefficient (Wildman–Crippen LogP) is 3.41. The molecule has 120 valence electrons. The first-order chi connectivity index (χ1) is 9.40. The first-order valence-corrected chi connectivity index (χ1v) is 11.3. The van der Waals surface area contributed by atoms with Crippen LogP contribution in [-0.2, 0) is 14.3 Å². The maximum absolute atomic E-state index is 12.7. The maximum atomic E-state index is 12.7. The largest absolute Gasteiger partial charge is 0.433 e. The van der Waals surface area contributed by atoms with E-state index < -0.39 is 19.9 Å². The fourth-order valence-corrected chi connectivity index (χ4v) is 5.40. The SMILES string of the molecule is C[C@@H]1[C@H]([Si](C)(C)C)N=N[C@@]12C(=O)O[C@H](C(C)(C)C)O[C@@H]2C. The Morgan fingerprint density at radius 3 is 2.14 bits per heavy atom. The van der Waals surface area contributed by atoms with E-state index >= 15 is 0 Å². The van der Waals surface area contributed by atoms with Crippen LogP contribution in [-0.4, -0.2) is 37.6 Å². The smallest absolute Gasteiger partial charge is 0.341 e. The number of nitrogens with zero attached hydrogens (tertiary/aromatic N) is 2. The minimum atomic E-state index is -1.53. The van der Waals surface area contributed by atoms with Crippen molar-refractivity contribution in [3.8, 4) is 0 Å². The number of esters is 1. The summed E-state index contributed by atoms with van der Waals surface area (Å²) in [5, 5.41) is 8.85. The quantitative estimate of drug-likeness (QED) is 0.550. The minimum absolute atomic E-state index is 0.0209.